The highest BCUT2D eigenvalue weighted by molar-refractivity contribution is 5.78. The fraction of sp³-hybridized carbons (Fsp3) is 0.400. The van der Waals surface area contributed by atoms with E-state index in [0.29, 0.717) is 0 Å². The van der Waals surface area contributed by atoms with E-state index in [1.807, 2.05) is 24.3 Å². The molecule has 0 saturated heterocycles. The maximum atomic E-state index is 5.64. The van der Waals surface area contributed by atoms with Gasteiger partial charge in [0.25, 0.3) is 0 Å². The number of aryl methyl sites for hydroxylation is 1. The van der Waals surface area contributed by atoms with Gasteiger partial charge < -0.3 is 14.2 Å². The van der Waals surface area contributed by atoms with Crippen molar-refractivity contribution < 1.29 is 14.2 Å². The quantitative estimate of drug-likeness (QED) is 0.634. The molecule has 0 radical (unpaired) electrons. The standard InChI is InChI=1S/C20H26O3/c1-5-6-7-9-15-12-18(22-3)20(19(13-15)23-4)16-10-8-11-17(14-16)21-2/h8,10-14H,5-7,9H2,1-4H3. The summed E-state index contributed by atoms with van der Waals surface area (Å²) >= 11 is 0. The van der Waals surface area contributed by atoms with Crippen LogP contribution in [0.5, 0.6) is 17.2 Å². The summed E-state index contributed by atoms with van der Waals surface area (Å²) in [6.07, 6.45) is 4.68. The van der Waals surface area contributed by atoms with Crippen molar-refractivity contribution in [1.82, 2.24) is 0 Å². The molecule has 2 rings (SSSR count). The maximum absolute atomic E-state index is 5.64. The minimum absolute atomic E-state index is 0.818. The van der Waals surface area contributed by atoms with Crippen molar-refractivity contribution in [3.63, 3.8) is 0 Å². The van der Waals surface area contributed by atoms with Gasteiger partial charge in [0.15, 0.2) is 0 Å². The van der Waals surface area contributed by atoms with Crippen LogP contribution < -0.4 is 14.2 Å². The fourth-order valence-electron chi connectivity index (χ4n) is 2.75. The average molecular weight is 314 g/mol. The molecule has 0 aliphatic carbocycles. The number of hydrogen-bond acceptors (Lipinski definition) is 3. The SMILES string of the molecule is CCCCCc1cc(OC)c(-c2cccc(OC)c2)c(OC)c1. The number of rotatable bonds is 8. The summed E-state index contributed by atoms with van der Waals surface area (Å²) in [6.45, 7) is 2.22. The normalized spacial score (nSPS) is 10.4. The van der Waals surface area contributed by atoms with Crippen LogP contribution in [0.3, 0.4) is 0 Å². The molecule has 0 bridgehead atoms. The number of benzene rings is 2. The van der Waals surface area contributed by atoms with Gasteiger partial charge in [0.1, 0.15) is 17.2 Å². The zero-order valence-electron chi connectivity index (χ0n) is 14.5. The molecule has 0 aliphatic rings. The molecule has 0 atom stereocenters. The highest BCUT2D eigenvalue weighted by Gasteiger charge is 2.15. The van der Waals surface area contributed by atoms with E-state index in [1.165, 1.54) is 24.8 Å². The van der Waals surface area contributed by atoms with Crippen molar-refractivity contribution >= 4 is 0 Å². The molecule has 0 unspecified atom stereocenters. The molecule has 0 fully saturated rings. The van der Waals surface area contributed by atoms with E-state index in [2.05, 4.69) is 19.1 Å². The minimum atomic E-state index is 0.818. The summed E-state index contributed by atoms with van der Waals surface area (Å²) in [4.78, 5) is 0. The first-order valence-electron chi connectivity index (χ1n) is 8.12. The van der Waals surface area contributed by atoms with Crippen LogP contribution in [0.4, 0.5) is 0 Å². The Bertz CT molecular complexity index is 610. The molecule has 0 aliphatic heterocycles. The van der Waals surface area contributed by atoms with Crippen LogP contribution in [0.2, 0.25) is 0 Å². The van der Waals surface area contributed by atoms with Gasteiger partial charge in [-0.3, -0.25) is 0 Å². The molecule has 2 aromatic carbocycles. The molecule has 124 valence electrons. The lowest BCUT2D eigenvalue weighted by molar-refractivity contribution is 0.396. The van der Waals surface area contributed by atoms with Crippen LogP contribution in [0.25, 0.3) is 11.1 Å². The molecule has 0 N–H and O–H groups in total. The first-order valence-corrected chi connectivity index (χ1v) is 8.12. The third kappa shape index (κ3) is 4.19. The second-order valence-electron chi connectivity index (χ2n) is 5.56. The molecule has 0 amide bonds. The minimum Gasteiger partial charge on any atom is -0.497 e. The highest BCUT2D eigenvalue weighted by Crippen LogP contribution is 2.40. The van der Waals surface area contributed by atoms with Gasteiger partial charge in [-0.1, -0.05) is 31.9 Å². The van der Waals surface area contributed by atoms with Crippen molar-refractivity contribution in [2.75, 3.05) is 21.3 Å². The van der Waals surface area contributed by atoms with E-state index in [4.69, 9.17) is 14.2 Å². The Morgan fingerprint density at radius 1 is 0.826 bits per heavy atom. The lowest BCUT2D eigenvalue weighted by atomic mass is 9.98. The topological polar surface area (TPSA) is 27.7 Å². The van der Waals surface area contributed by atoms with E-state index in [-0.39, 0.29) is 0 Å². The van der Waals surface area contributed by atoms with Crippen LogP contribution in [0.15, 0.2) is 36.4 Å². The molecule has 3 nitrogen and oxygen atoms in total. The van der Waals surface area contributed by atoms with Gasteiger partial charge in [0.05, 0.1) is 26.9 Å². The molecule has 2 aromatic rings. The number of methoxy groups -OCH3 is 3. The van der Waals surface area contributed by atoms with Crippen LogP contribution in [-0.4, -0.2) is 21.3 Å². The van der Waals surface area contributed by atoms with Crippen molar-refractivity contribution in [3.05, 3.63) is 42.0 Å². The third-order valence-electron chi connectivity index (χ3n) is 3.99. The van der Waals surface area contributed by atoms with Crippen molar-refractivity contribution in [2.45, 2.75) is 32.6 Å². The lowest BCUT2D eigenvalue weighted by Crippen LogP contribution is -1.97. The Hall–Kier alpha value is -2.16. The summed E-state index contributed by atoms with van der Waals surface area (Å²) in [5, 5.41) is 0. The van der Waals surface area contributed by atoms with Gasteiger partial charge in [-0.25, -0.2) is 0 Å². The van der Waals surface area contributed by atoms with Gasteiger partial charge in [-0.15, -0.1) is 0 Å². The maximum Gasteiger partial charge on any atom is 0.130 e. The zero-order valence-corrected chi connectivity index (χ0v) is 14.5. The molecule has 0 heterocycles. The number of ether oxygens (including phenoxy) is 3. The first kappa shape index (κ1) is 17.2. The zero-order chi connectivity index (χ0) is 16.7. The summed E-state index contributed by atoms with van der Waals surface area (Å²) in [6, 6.07) is 12.2. The second-order valence-corrected chi connectivity index (χ2v) is 5.56. The molecular formula is C20H26O3. The number of hydrogen-bond donors (Lipinski definition) is 0. The van der Waals surface area contributed by atoms with Gasteiger partial charge >= 0.3 is 0 Å². The van der Waals surface area contributed by atoms with E-state index in [0.717, 1.165) is 34.8 Å². The molecule has 3 heteroatoms. The summed E-state index contributed by atoms with van der Waals surface area (Å²) < 4.78 is 16.6. The molecule has 0 saturated carbocycles. The lowest BCUT2D eigenvalue weighted by Gasteiger charge is -2.16. The molecule has 23 heavy (non-hydrogen) atoms. The van der Waals surface area contributed by atoms with E-state index in [1.54, 1.807) is 21.3 Å². The van der Waals surface area contributed by atoms with E-state index < -0.39 is 0 Å². The summed E-state index contributed by atoms with van der Waals surface area (Å²) in [5.41, 5.74) is 3.24. The van der Waals surface area contributed by atoms with Crippen LogP contribution in [0.1, 0.15) is 31.7 Å². The summed E-state index contributed by atoms with van der Waals surface area (Å²) in [7, 11) is 5.08. The Balaban J connectivity index is 2.44. The average Bonchev–Trinajstić information content (AvgIpc) is 2.61. The Morgan fingerprint density at radius 2 is 1.52 bits per heavy atom. The van der Waals surface area contributed by atoms with Gasteiger partial charge in [0.2, 0.25) is 0 Å². The highest BCUT2D eigenvalue weighted by atomic mass is 16.5. The Morgan fingerprint density at radius 3 is 2.09 bits per heavy atom. The van der Waals surface area contributed by atoms with Crippen LogP contribution >= 0.6 is 0 Å². The third-order valence-corrected chi connectivity index (χ3v) is 3.99. The van der Waals surface area contributed by atoms with Gasteiger partial charge in [-0.05, 0) is 48.2 Å². The van der Waals surface area contributed by atoms with Crippen molar-refractivity contribution in [2.24, 2.45) is 0 Å². The predicted octanol–water partition coefficient (Wildman–Crippen LogP) is 5.11. The monoisotopic (exact) mass is 314 g/mol. The smallest absolute Gasteiger partial charge is 0.130 e. The van der Waals surface area contributed by atoms with E-state index in [9.17, 15) is 0 Å². The first-order chi connectivity index (χ1) is 11.2. The molecule has 0 aromatic heterocycles. The van der Waals surface area contributed by atoms with Crippen LogP contribution in [-0.2, 0) is 6.42 Å². The van der Waals surface area contributed by atoms with Gasteiger partial charge in [-0.2, -0.15) is 0 Å². The van der Waals surface area contributed by atoms with Gasteiger partial charge in [0, 0.05) is 0 Å². The van der Waals surface area contributed by atoms with Crippen molar-refractivity contribution in [3.8, 4) is 28.4 Å². The van der Waals surface area contributed by atoms with E-state index >= 15 is 0 Å². The summed E-state index contributed by atoms with van der Waals surface area (Å²) in [5.74, 6) is 2.49. The largest absolute Gasteiger partial charge is 0.497 e. The fourth-order valence-corrected chi connectivity index (χ4v) is 2.75. The Labute approximate surface area is 139 Å². The molecule has 0 spiro atoms. The van der Waals surface area contributed by atoms with Crippen molar-refractivity contribution in [1.29, 1.82) is 0 Å². The predicted molar refractivity (Wildman–Crippen MR) is 94.8 cm³/mol. The number of unbranched alkanes of at least 4 members (excludes halogenated alkanes) is 2. The molecular weight excluding hydrogens is 288 g/mol. The Kier molecular flexibility index (Phi) is 6.33. The van der Waals surface area contributed by atoms with Crippen LogP contribution in [0, 0.1) is 0 Å². The second kappa shape index (κ2) is 8.47.